The van der Waals surface area contributed by atoms with Gasteiger partial charge in [0.25, 0.3) is 0 Å². The molecule has 0 radical (unpaired) electrons. The summed E-state index contributed by atoms with van der Waals surface area (Å²) < 4.78 is 11.7. The van der Waals surface area contributed by atoms with E-state index < -0.39 is 6.04 Å². The van der Waals surface area contributed by atoms with Gasteiger partial charge in [0.15, 0.2) is 0 Å². The molecule has 1 atom stereocenters. The van der Waals surface area contributed by atoms with E-state index in [1.165, 1.54) is 0 Å². The molecule has 1 aromatic rings. The minimum absolute atomic E-state index is 0.0612. The van der Waals surface area contributed by atoms with Crippen molar-refractivity contribution in [2.75, 3.05) is 6.61 Å². The van der Waals surface area contributed by atoms with Crippen LogP contribution in [0.4, 0.5) is 4.79 Å². The SMILES string of the molecule is CCCOc1ccccc1[C@H]1NC(=O)NC(C)=C1C(=O)OC1CCC(C)CC1. The van der Waals surface area contributed by atoms with Gasteiger partial charge in [-0.05, 0) is 51.0 Å². The lowest BCUT2D eigenvalue weighted by Gasteiger charge is -2.31. The van der Waals surface area contributed by atoms with Gasteiger partial charge in [-0.25, -0.2) is 9.59 Å². The molecule has 2 N–H and O–H groups in total. The first-order valence-corrected chi connectivity index (χ1v) is 10.2. The summed E-state index contributed by atoms with van der Waals surface area (Å²) in [5.74, 6) is 0.975. The summed E-state index contributed by atoms with van der Waals surface area (Å²) in [5.41, 5.74) is 1.72. The zero-order valence-electron chi connectivity index (χ0n) is 16.9. The predicted octanol–water partition coefficient (Wildman–Crippen LogP) is 4.23. The third-order valence-electron chi connectivity index (χ3n) is 5.42. The highest BCUT2D eigenvalue weighted by atomic mass is 16.5. The van der Waals surface area contributed by atoms with Crippen molar-refractivity contribution < 1.29 is 19.1 Å². The summed E-state index contributed by atoms with van der Waals surface area (Å²) in [6, 6.07) is 6.57. The molecule has 0 aromatic heterocycles. The minimum Gasteiger partial charge on any atom is -0.493 e. The van der Waals surface area contributed by atoms with Gasteiger partial charge in [0.2, 0.25) is 0 Å². The molecule has 152 valence electrons. The van der Waals surface area contributed by atoms with E-state index in [4.69, 9.17) is 9.47 Å². The van der Waals surface area contributed by atoms with Gasteiger partial charge in [-0.1, -0.05) is 32.0 Å². The van der Waals surface area contributed by atoms with Gasteiger partial charge >= 0.3 is 12.0 Å². The Morgan fingerprint density at radius 1 is 1.18 bits per heavy atom. The number of carbonyl (C=O) groups excluding carboxylic acids is 2. The van der Waals surface area contributed by atoms with Crippen molar-refractivity contribution in [1.29, 1.82) is 0 Å². The van der Waals surface area contributed by atoms with Crippen LogP contribution in [-0.4, -0.2) is 24.7 Å². The van der Waals surface area contributed by atoms with E-state index in [2.05, 4.69) is 17.6 Å². The molecule has 1 fully saturated rings. The molecule has 0 saturated heterocycles. The van der Waals surface area contributed by atoms with Gasteiger partial charge in [-0.15, -0.1) is 0 Å². The second-order valence-electron chi connectivity index (χ2n) is 7.74. The number of esters is 1. The Morgan fingerprint density at radius 3 is 2.61 bits per heavy atom. The van der Waals surface area contributed by atoms with Crippen LogP contribution in [-0.2, 0) is 9.53 Å². The van der Waals surface area contributed by atoms with E-state index in [0.29, 0.717) is 29.5 Å². The van der Waals surface area contributed by atoms with Crippen LogP contribution in [0.1, 0.15) is 64.5 Å². The fourth-order valence-electron chi connectivity index (χ4n) is 3.82. The number of rotatable bonds is 6. The van der Waals surface area contributed by atoms with E-state index in [-0.39, 0.29) is 18.1 Å². The van der Waals surface area contributed by atoms with E-state index >= 15 is 0 Å². The lowest BCUT2D eigenvalue weighted by Crippen LogP contribution is -2.45. The molecule has 6 nitrogen and oxygen atoms in total. The van der Waals surface area contributed by atoms with Gasteiger partial charge < -0.3 is 20.1 Å². The Labute approximate surface area is 166 Å². The molecule has 6 heteroatoms. The highest BCUT2D eigenvalue weighted by Crippen LogP contribution is 2.35. The van der Waals surface area contributed by atoms with Crippen LogP contribution in [0.25, 0.3) is 0 Å². The average Bonchev–Trinajstić information content (AvgIpc) is 2.67. The number of hydrogen-bond acceptors (Lipinski definition) is 4. The third-order valence-corrected chi connectivity index (χ3v) is 5.42. The Morgan fingerprint density at radius 2 is 1.89 bits per heavy atom. The van der Waals surface area contributed by atoms with Crippen molar-refractivity contribution in [1.82, 2.24) is 10.6 Å². The summed E-state index contributed by atoms with van der Waals surface area (Å²) in [7, 11) is 0. The Kier molecular flexibility index (Phi) is 6.60. The van der Waals surface area contributed by atoms with E-state index in [9.17, 15) is 9.59 Å². The quantitative estimate of drug-likeness (QED) is 0.718. The van der Waals surface area contributed by atoms with Gasteiger partial charge in [-0.3, -0.25) is 0 Å². The number of urea groups is 1. The fourth-order valence-corrected chi connectivity index (χ4v) is 3.82. The van der Waals surface area contributed by atoms with Crippen LogP contribution in [0.3, 0.4) is 0 Å². The topological polar surface area (TPSA) is 76.7 Å². The number of amides is 2. The van der Waals surface area contributed by atoms with Crippen molar-refractivity contribution in [3.63, 3.8) is 0 Å². The van der Waals surface area contributed by atoms with Crippen molar-refractivity contribution in [2.45, 2.75) is 65.0 Å². The standard InChI is InChI=1S/C22H30N2O4/c1-4-13-27-18-8-6-5-7-17(18)20-19(15(3)23-22(26)24-20)21(25)28-16-11-9-14(2)10-12-16/h5-8,14,16,20H,4,9-13H2,1-3H3,(H2,23,24,26)/t14?,16?,20-/m1/s1. The molecule has 1 heterocycles. The number of nitrogens with one attached hydrogen (secondary N) is 2. The Balaban J connectivity index is 1.86. The molecule has 2 aliphatic rings. The van der Waals surface area contributed by atoms with Crippen LogP contribution >= 0.6 is 0 Å². The number of carbonyl (C=O) groups is 2. The summed E-state index contributed by atoms with van der Waals surface area (Å²) in [6.45, 7) is 6.57. The molecule has 3 rings (SSSR count). The molecule has 2 amide bonds. The molecule has 1 saturated carbocycles. The van der Waals surface area contributed by atoms with Crippen molar-refractivity contribution >= 4 is 12.0 Å². The minimum atomic E-state index is -0.600. The number of allylic oxidation sites excluding steroid dienone is 1. The van der Waals surface area contributed by atoms with E-state index in [0.717, 1.165) is 37.7 Å². The number of para-hydroxylation sites is 1. The van der Waals surface area contributed by atoms with Crippen LogP contribution < -0.4 is 15.4 Å². The lowest BCUT2D eigenvalue weighted by molar-refractivity contribution is -0.146. The second kappa shape index (κ2) is 9.13. The zero-order valence-corrected chi connectivity index (χ0v) is 16.9. The molecular formula is C22H30N2O4. The lowest BCUT2D eigenvalue weighted by atomic mass is 9.88. The fraction of sp³-hybridized carbons (Fsp3) is 0.545. The maximum Gasteiger partial charge on any atom is 0.338 e. The highest BCUT2D eigenvalue weighted by molar-refractivity contribution is 5.95. The van der Waals surface area contributed by atoms with E-state index in [1.807, 2.05) is 31.2 Å². The zero-order chi connectivity index (χ0) is 20.1. The van der Waals surface area contributed by atoms with E-state index in [1.54, 1.807) is 6.92 Å². The van der Waals surface area contributed by atoms with Crippen LogP contribution in [0.15, 0.2) is 35.5 Å². The van der Waals surface area contributed by atoms with Gasteiger partial charge in [0, 0.05) is 11.3 Å². The monoisotopic (exact) mass is 386 g/mol. The summed E-state index contributed by atoms with van der Waals surface area (Å²) in [5, 5.41) is 5.57. The molecule has 1 aliphatic carbocycles. The first-order valence-electron chi connectivity index (χ1n) is 10.2. The maximum absolute atomic E-state index is 13.1. The molecule has 1 aliphatic heterocycles. The molecule has 0 spiro atoms. The van der Waals surface area contributed by atoms with Gasteiger partial charge in [0.1, 0.15) is 11.9 Å². The smallest absolute Gasteiger partial charge is 0.338 e. The van der Waals surface area contributed by atoms with Gasteiger partial charge in [-0.2, -0.15) is 0 Å². The first kappa shape index (κ1) is 20.2. The van der Waals surface area contributed by atoms with Crippen molar-refractivity contribution in [3.8, 4) is 5.75 Å². The van der Waals surface area contributed by atoms with Crippen LogP contribution in [0, 0.1) is 5.92 Å². The molecular weight excluding hydrogens is 356 g/mol. The summed E-state index contributed by atoms with van der Waals surface area (Å²) in [6.07, 6.45) is 4.73. The Bertz CT molecular complexity index is 751. The Hall–Kier alpha value is -2.50. The maximum atomic E-state index is 13.1. The average molecular weight is 386 g/mol. The highest BCUT2D eigenvalue weighted by Gasteiger charge is 2.35. The molecule has 28 heavy (non-hydrogen) atoms. The molecule has 0 unspecified atom stereocenters. The summed E-state index contributed by atoms with van der Waals surface area (Å²) in [4.78, 5) is 25.2. The largest absolute Gasteiger partial charge is 0.493 e. The van der Waals surface area contributed by atoms with Crippen LogP contribution in [0.2, 0.25) is 0 Å². The first-order chi connectivity index (χ1) is 13.5. The second-order valence-corrected chi connectivity index (χ2v) is 7.74. The third kappa shape index (κ3) is 4.66. The molecule has 1 aromatic carbocycles. The number of hydrogen-bond donors (Lipinski definition) is 2. The van der Waals surface area contributed by atoms with Crippen molar-refractivity contribution in [3.05, 3.63) is 41.1 Å². The molecule has 0 bridgehead atoms. The van der Waals surface area contributed by atoms with Gasteiger partial charge in [0.05, 0.1) is 18.2 Å². The van der Waals surface area contributed by atoms with Crippen LogP contribution in [0.5, 0.6) is 5.75 Å². The predicted molar refractivity (Wildman–Crippen MR) is 107 cm³/mol. The number of benzene rings is 1. The van der Waals surface area contributed by atoms with Crippen molar-refractivity contribution in [2.24, 2.45) is 5.92 Å². The number of ether oxygens (including phenoxy) is 2. The summed E-state index contributed by atoms with van der Waals surface area (Å²) >= 11 is 0. The normalized spacial score (nSPS) is 25.0.